The van der Waals surface area contributed by atoms with E-state index in [0.717, 1.165) is 43.5 Å². The molecule has 2 aromatic carbocycles. The zero-order valence-corrected chi connectivity index (χ0v) is 18.5. The molecule has 7 heteroatoms. The number of ether oxygens (including phenoxy) is 2. The molecule has 1 aliphatic heterocycles. The summed E-state index contributed by atoms with van der Waals surface area (Å²) in [6, 6.07) is 12.1. The summed E-state index contributed by atoms with van der Waals surface area (Å²) in [6.07, 6.45) is 4.58. The molecule has 4 rings (SSSR count). The van der Waals surface area contributed by atoms with Gasteiger partial charge in [-0.05, 0) is 55.5 Å². The molecule has 0 saturated heterocycles. The normalized spacial score (nSPS) is 13.2. The van der Waals surface area contributed by atoms with Gasteiger partial charge in [-0.15, -0.1) is 0 Å². The Labute approximate surface area is 187 Å². The first-order valence-electron chi connectivity index (χ1n) is 10.9. The minimum Gasteiger partial charge on any atom is -0.493 e. The van der Waals surface area contributed by atoms with Crippen molar-refractivity contribution >= 4 is 5.91 Å². The molecule has 0 atom stereocenters. The van der Waals surface area contributed by atoms with Crippen molar-refractivity contribution in [1.82, 2.24) is 14.9 Å². The van der Waals surface area contributed by atoms with Crippen molar-refractivity contribution in [3.8, 4) is 22.9 Å². The van der Waals surface area contributed by atoms with E-state index in [4.69, 9.17) is 9.47 Å². The number of fused-ring (bicyclic) bond motifs is 1. The molecule has 32 heavy (non-hydrogen) atoms. The van der Waals surface area contributed by atoms with Crippen LogP contribution in [0.1, 0.15) is 41.0 Å². The lowest BCUT2D eigenvalue weighted by atomic mass is 10.1. The van der Waals surface area contributed by atoms with Crippen LogP contribution in [0.15, 0.2) is 42.5 Å². The molecule has 168 valence electrons. The smallest absolute Gasteiger partial charge is 0.271 e. The first-order valence-corrected chi connectivity index (χ1v) is 10.9. The number of hydrogen-bond donors (Lipinski definition) is 1. The lowest BCUT2D eigenvalue weighted by Crippen LogP contribution is -2.27. The Morgan fingerprint density at radius 3 is 2.72 bits per heavy atom. The van der Waals surface area contributed by atoms with Gasteiger partial charge in [0.1, 0.15) is 17.3 Å². The molecule has 0 bridgehead atoms. The number of nitrogens with one attached hydrogen (secondary N) is 1. The summed E-state index contributed by atoms with van der Waals surface area (Å²) in [5, 5.41) is 3.00. The predicted molar refractivity (Wildman–Crippen MR) is 121 cm³/mol. The van der Waals surface area contributed by atoms with Crippen LogP contribution in [-0.2, 0) is 19.4 Å². The van der Waals surface area contributed by atoms with Crippen LogP contribution in [0, 0.1) is 5.82 Å². The van der Waals surface area contributed by atoms with Gasteiger partial charge < -0.3 is 19.4 Å². The van der Waals surface area contributed by atoms with Crippen molar-refractivity contribution in [2.75, 3.05) is 20.8 Å². The van der Waals surface area contributed by atoms with Crippen LogP contribution in [0.5, 0.6) is 11.5 Å². The third-order valence-electron chi connectivity index (χ3n) is 5.81. The molecular formula is C25H28FN3O3. The molecule has 0 unspecified atom stereocenters. The third kappa shape index (κ3) is 4.61. The summed E-state index contributed by atoms with van der Waals surface area (Å²) in [4.78, 5) is 17.7. The van der Waals surface area contributed by atoms with Crippen molar-refractivity contribution in [1.29, 1.82) is 0 Å². The van der Waals surface area contributed by atoms with Crippen LogP contribution in [0.4, 0.5) is 4.39 Å². The molecule has 0 aliphatic carbocycles. The number of rotatable bonds is 7. The van der Waals surface area contributed by atoms with E-state index in [9.17, 15) is 9.18 Å². The van der Waals surface area contributed by atoms with Gasteiger partial charge in [0.25, 0.3) is 5.91 Å². The van der Waals surface area contributed by atoms with Gasteiger partial charge in [0.15, 0.2) is 11.5 Å². The Bertz CT molecular complexity index is 1110. The number of carbonyl (C=O) groups excluding carboxylic acids is 1. The van der Waals surface area contributed by atoms with E-state index in [1.54, 1.807) is 20.3 Å². The summed E-state index contributed by atoms with van der Waals surface area (Å²) < 4.78 is 26.5. The number of halogens is 1. The number of amides is 1. The van der Waals surface area contributed by atoms with Crippen LogP contribution in [0.2, 0.25) is 0 Å². The van der Waals surface area contributed by atoms with Crippen LogP contribution in [-0.4, -0.2) is 36.2 Å². The fourth-order valence-corrected chi connectivity index (χ4v) is 4.19. The van der Waals surface area contributed by atoms with Crippen LogP contribution >= 0.6 is 0 Å². The number of carbonyl (C=O) groups is 1. The molecule has 0 fully saturated rings. The Morgan fingerprint density at radius 1 is 1.09 bits per heavy atom. The number of hydrogen-bond acceptors (Lipinski definition) is 4. The van der Waals surface area contributed by atoms with Gasteiger partial charge in [-0.3, -0.25) is 4.79 Å². The topological polar surface area (TPSA) is 65.4 Å². The fraction of sp³-hybridized carbons (Fsp3) is 0.360. The minimum absolute atomic E-state index is 0.196. The third-order valence-corrected chi connectivity index (χ3v) is 5.81. The standard InChI is InChI=1S/C25H28FN3O3/c1-31-21-11-10-17(15-22(21)32-2)12-13-27-25(30)23-20-9-4-3-5-14-29(20)24(28-23)18-7-6-8-19(26)16-18/h6-8,10-11,15-16H,3-5,9,12-14H2,1-2H3,(H,27,30). The molecule has 1 aliphatic rings. The number of methoxy groups -OCH3 is 2. The van der Waals surface area contributed by atoms with E-state index < -0.39 is 0 Å². The molecule has 3 aromatic rings. The SMILES string of the molecule is COc1ccc(CCNC(=O)c2nc(-c3cccc(F)c3)n3c2CCCCC3)cc1OC. The monoisotopic (exact) mass is 437 g/mol. The van der Waals surface area contributed by atoms with Gasteiger partial charge in [-0.2, -0.15) is 0 Å². The molecule has 1 amide bonds. The van der Waals surface area contributed by atoms with Gasteiger partial charge in [0.2, 0.25) is 0 Å². The first-order chi connectivity index (χ1) is 15.6. The molecule has 1 N–H and O–H groups in total. The van der Waals surface area contributed by atoms with E-state index in [1.807, 2.05) is 24.3 Å². The summed E-state index contributed by atoms with van der Waals surface area (Å²) in [5.41, 5.74) is 3.11. The number of nitrogens with zero attached hydrogens (tertiary/aromatic N) is 2. The summed E-state index contributed by atoms with van der Waals surface area (Å²) in [6.45, 7) is 1.25. The Hall–Kier alpha value is -3.35. The number of benzene rings is 2. The average molecular weight is 438 g/mol. The predicted octanol–water partition coefficient (Wildman–Crippen LogP) is 4.41. The summed E-state index contributed by atoms with van der Waals surface area (Å²) >= 11 is 0. The van der Waals surface area contributed by atoms with Crippen LogP contribution in [0.25, 0.3) is 11.4 Å². The molecule has 0 radical (unpaired) electrons. The lowest BCUT2D eigenvalue weighted by Gasteiger charge is -2.10. The maximum atomic E-state index is 13.8. The van der Waals surface area contributed by atoms with Gasteiger partial charge in [0, 0.05) is 18.7 Å². The van der Waals surface area contributed by atoms with Crippen molar-refractivity contribution in [2.45, 2.75) is 38.6 Å². The highest BCUT2D eigenvalue weighted by molar-refractivity contribution is 5.94. The van der Waals surface area contributed by atoms with Crippen LogP contribution in [0.3, 0.4) is 0 Å². The average Bonchev–Trinajstić information content (AvgIpc) is 3.00. The fourth-order valence-electron chi connectivity index (χ4n) is 4.19. The minimum atomic E-state index is -0.311. The maximum Gasteiger partial charge on any atom is 0.271 e. The van der Waals surface area contributed by atoms with E-state index in [2.05, 4.69) is 14.9 Å². The Morgan fingerprint density at radius 2 is 1.94 bits per heavy atom. The van der Waals surface area contributed by atoms with Gasteiger partial charge in [0.05, 0.1) is 19.9 Å². The zero-order valence-electron chi connectivity index (χ0n) is 18.5. The summed E-state index contributed by atoms with van der Waals surface area (Å²) in [7, 11) is 3.20. The first kappa shape index (κ1) is 21.9. The van der Waals surface area contributed by atoms with Crippen molar-refractivity contribution in [3.63, 3.8) is 0 Å². The van der Waals surface area contributed by atoms with Crippen molar-refractivity contribution in [3.05, 3.63) is 65.2 Å². The number of aromatic nitrogens is 2. The van der Waals surface area contributed by atoms with Gasteiger partial charge in [-0.25, -0.2) is 9.37 Å². The van der Waals surface area contributed by atoms with Gasteiger partial charge in [-0.1, -0.05) is 24.6 Å². The Balaban J connectivity index is 1.52. The highest BCUT2D eigenvalue weighted by atomic mass is 19.1. The number of imidazole rings is 1. The highest BCUT2D eigenvalue weighted by Crippen LogP contribution is 2.29. The van der Waals surface area contributed by atoms with Crippen molar-refractivity contribution in [2.24, 2.45) is 0 Å². The zero-order chi connectivity index (χ0) is 22.5. The largest absolute Gasteiger partial charge is 0.493 e. The molecule has 0 saturated carbocycles. The second-order valence-corrected chi connectivity index (χ2v) is 7.90. The lowest BCUT2D eigenvalue weighted by molar-refractivity contribution is 0.0948. The van der Waals surface area contributed by atoms with Crippen molar-refractivity contribution < 1.29 is 18.7 Å². The van der Waals surface area contributed by atoms with Crippen LogP contribution < -0.4 is 14.8 Å². The molecule has 2 heterocycles. The highest BCUT2D eigenvalue weighted by Gasteiger charge is 2.24. The Kier molecular flexibility index (Phi) is 6.73. The van der Waals surface area contributed by atoms with E-state index in [-0.39, 0.29) is 11.7 Å². The van der Waals surface area contributed by atoms with E-state index in [1.165, 1.54) is 12.1 Å². The molecule has 6 nitrogen and oxygen atoms in total. The molecular weight excluding hydrogens is 409 g/mol. The van der Waals surface area contributed by atoms with Gasteiger partial charge >= 0.3 is 0 Å². The second-order valence-electron chi connectivity index (χ2n) is 7.90. The molecule has 0 spiro atoms. The maximum absolute atomic E-state index is 13.8. The second kappa shape index (κ2) is 9.85. The quantitative estimate of drug-likeness (QED) is 0.595. The molecule has 1 aromatic heterocycles. The van der Waals surface area contributed by atoms with E-state index >= 15 is 0 Å². The van der Waals surface area contributed by atoms with E-state index in [0.29, 0.717) is 41.5 Å². The summed E-state index contributed by atoms with van der Waals surface area (Å²) in [5.74, 6) is 1.49.